The van der Waals surface area contributed by atoms with Crippen molar-refractivity contribution in [3.63, 3.8) is 0 Å². The summed E-state index contributed by atoms with van der Waals surface area (Å²) in [7, 11) is 0. The van der Waals surface area contributed by atoms with Crippen molar-refractivity contribution < 1.29 is 13.9 Å². The lowest BCUT2D eigenvalue weighted by Crippen LogP contribution is -2.42. The first-order valence-corrected chi connectivity index (χ1v) is 6.36. The van der Waals surface area contributed by atoms with E-state index in [9.17, 15) is 9.18 Å². The summed E-state index contributed by atoms with van der Waals surface area (Å²) in [6, 6.07) is 3.83. The lowest BCUT2D eigenvalue weighted by molar-refractivity contribution is -0.134. The fraction of sp³-hybridized carbons (Fsp3) is 0.417. The fourth-order valence-electron chi connectivity index (χ4n) is 1.78. The molecule has 2 rings (SSSR count). The Morgan fingerprint density at radius 1 is 1.39 bits per heavy atom. The van der Waals surface area contributed by atoms with Gasteiger partial charge in [-0.25, -0.2) is 4.39 Å². The molecule has 1 saturated heterocycles. The van der Waals surface area contributed by atoms with Crippen LogP contribution < -0.4 is 0 Å². The van der Waals surface area contributed by atoms with Crippen LogP contribution in [0.25, 0.3) is 0 Å². The van der Waals surface area contributed by atoms with Crippen molar-refractivity contribution in [3.05, 3.63) is 34.6 Å². The summed E-state index contributed by atoms with van der Waals surface area (Å²) >= 11 is 12.0. The number of hydrogen-bond acceptors (Lipinski definition) is 2. The summed E-state index contributed by atoms with van der Waals surface area (Å²) in [4.78, 5) is 13.7. The molecule has 0 saturated carbocycles. The van der Waals surface area contributed by atoms with E-state index in [1.165, 1.54) is 12.1 Å². The van der Waals surface area contributed by atoms with Crippen LogP contribution in [0.2, 0.25) is 5.02 Å². The number of ether oxygens (including phenoxy) is 1. The number of hydrogen-bond donors (Lipinski definition) is 0. The maximum absolute atomic E-state index is 12.9. The van der Waals surface area contributed by atoms with Crippen LogP contribution in [0, 0.1) is 5.82 Å². The summed E-state index contributed by atoms with van der Waals surface area (Å²) in [5, 5.41) is -0.729. The first-order chi connectivity index (χ1) is 8.59. The van der Waals surface area contributed by atoms with Gasteiger partial charge in [-0.2, -0.15) is 0 Å². The predicted octanol–water partition coefficient (Wildman–Crippen LogP) is 2.62. The van der Waals surface area contributed by atoms with Gasteiger partial charge in [0.25, 0.3) is 0 Å². The Morgan fingerprint density at radius 3 is 2.67 bits per heavy atom. The van der Waals surface area contributed by atoms with Crippen molar-refractivity contribution >= 4 is 29.1 Å². The van der Waals surface area contributed by atoms with E-state index in [-0.39, 0.29) is 10.9 Å². The van der Waals surface area contributed by atoms with Crippen molar-refractivity contribution in [2.75, 3.05) is 26.3 Å². The highest BCUT2D eigenvalue weighted by Crippen LogP contribution is 2.30. The Morgan fingerprint density at radius 2 is 2.06 bits per heavy atom. The molecule has 0 N–H and O–H groups in total. The zero-order chi connectivity index (χ0) is 13.1. The molecule has 0 aromatic heterocycles. The number of alkyl halides is 1. The summed E-state index contributed by atoms with van der Waals surface area (Å²) in [5.41, 5.74) is 0.427. The average Bonchev–Trinajstić information content (AvgIpc) is 2.38. The molecular formula is C12H12Cl2FNO2. The van der Waals surface area contributed by atoms with E-state index < -0.39 is 11.2 Å². The lowest BCUT2D eigenvalue weighted by Gasteiger charge is -2.28. The van der Waals surface area contributed by atoms with Gasteiger partial charge in [0.1, 0.15) is 11.2 Å². The third kappa shape index (κ3) is 2.94. The SMILES string of the molecule is O=C(C(Cl)c1ccc(F)cc1Cl)N1CCOCC1. The van der Waals surface area contributed by atoms with E-state index in [1.54, 1.807) is 4.90 Å². The Kier molecular flexibility index (Phi) is 4.43. The number of carbonyl (C=O) groups excluding carboxylic acids is 1. The number of nitrogens with zero attached hydrogens (tertiary/aromatic N) is 1. The van der Waals surface area contributed by atoms with Gasteiger partial charge in [0.2, 0.25) is 5.91 Å². The second kappa shape index (κ2) is 5.87. The van der Waals surface area contributed by atoms with Crippen LogP contribution >= 0.6 is 23.2 Å². The quantitative estimate of drug-likeness (QED) is 0.784. The second-order valence-corrected chi connectivity index (χ2v) is 4.81. The van der Waals surface area contributed by atoms with E-state index in [2.05, 4.69) is 0 Å². The molecule has 1 aliphatic rings. The van der Waals surface area contributed by atoms with Crippen molar-refractivity contribution in [1.82, 2.24) is 4.90 Å². The smallest absolute Gasteiger partial charge is 0.245 e. The van der Waals surface area contributed by atoms with Crippen molar-refractivity contribution in [3.8, 4) is 0 Å². The highest BCUT2D eigenvalue weighted by atomic mass is 35.5. The van der Waals surface area contributed by atoms with Gasteiger partial charge >= 0.3 is 0 Å². The highest BCUT2D eigenvalue weighted by Gasteiger charge is 2.26. The van der Waals surface area contributed by atoms with E-state index in [1.807, 2.05) is 0 Å². The van der Waals surface area contributed by atoms with Crippen LogP contribution in [0.5, 0.6) is 0 Å². The van der Waals surface area contributed by atoms with Crippen LogP contribution in [0.3, 0.4) is 0 Å². The predicted molar refractivity (Wildman–Crippen MR) is 67.4 cm³/mol. The number of amides is 1. The van der Waals surface area contributed by atoms with Crippen LogP contribution in [-0.2, 0) is 9.53 Å². The van der Waals surface area contributed by atoms with Crippen molar-refractivity contribution in [1.29, 1.82) is 0 Å². The van der Waals surface area contributed by atoms with Gasteiger partial charge in [0, 0.05) is 18.1 Å². The van der Waals surface area contributed by atoms with Gasteiger partial charge < -0.3 is 9.64 Å². The second-order valence-electron chi connectivity index (χ2n) is 3.97. The third-order valence-corrected chi connectivity index (χ3v) is 3.52. The maximum atomic E-state index is 12.9. The first kappa shape index (κ1) is 13.6. The molecule has 1 unspecified atom stereocenters. The number of carbonyl (C=O) groups is 1. The van der Waals surface area contributed by atoms with E-state index in [4.69, 9.17) is 27.9 Å². The minimum atomic E-state index is -0.892. The molecule has 18 heavy (non-hydrogen) atoms. The van der Waals surface area contributed by atoms with Gasteiger partial charge in [0.05, 0.1) is 13.2 Å². The van der Waals surface area contributed by atoms with Gasteiger partial charge in [-0.15, -0.1) is 11.6 Å². The summed E-state index contributed by atoms with van der Waals surface area (Å²) in [6.45, 7) is 2.04. The Hall–Kier alpha value is -0.840. The largest absolute Gasteiger partial charge is 0.378 e. The lowest BCUT2D eigenvalue weighted by atomic mass is 10.1. The summed E-state index contributed by atoms with van der Waals surface area (Å²) < 4.78 is 18.1. The van der Waals surface area contributed by atoms with Gasteiger partial charge in [-0.1, -0.05) is 17.7 Å². The molecule has 1 aliphatic heterocycles. The minimum absolute atomic E-state index is 0.164. The number of morpholine rings is 1. The normalized spacial score (nSPS) is 17.6. The molecule has 1 aromatic rings. The monoisotopic (exact) mass is 291 g/mol. The van der Waals surface area contributed by atoms with Crippen LogP contribution in [0.15, 0.2) is 18.2 Å². The van der Waals surface area contributed by atoms with E-state index in [0.29, 0.717) is 31.9 Å². The Bertz CT molecular complexity index is 450. The van der Waals surface area contributed by atoms with Crippen molar-refractivity contribution in [2.24, 2.45) is 0 Å². The molecule has 1 atom stereocenters. The topological polar surface area (TPSA) is 29.5 Å². The standard InChI is InChI=1S/C12H12Cl2FNO2/c13-10-7-8(15)1-2-9(10)11(14)12(17)16-3-5-18-6-4-16/h1-2,7,11H,3-6H2. The zero-order valence-electron chi connectivity index (χ0n) is 9.54. The number of halogens is 3. The molecule has 1 aromatic carbocycles. The third-order valence-electron chi connectivity index (χ3n) is 2.78. The molecule has 0 spiro atoms. The van der Waals surface area contributed by atoms with Crippen LogP contribution in [0.4, 0.5) is 4.39 Å². The molecule has 0 bridgehead atoms. The highest BCUT2D eigenvalue weighted by molar-refractivity contribution is 6.35. The molecule has 0 radical (unpaired) electrons. The zero-order valence-corrected chi connectivity index (χ0v) is 11.0. The number of benzene rings is 1. The van der Waals surface area contributed by atoms with Gasteiger partial charge in [-0.05, 0) is 17.7 Å². The molecular weight excluding hydrogens is 280 g/mol. The Balaban J connectivity index is 2.14. The molecule has 98 valence electrons. The number of rotatable bonds is 2. The Labute approximate surface area is 114 Å². The minimum Gasteiger partial charge on any atom is -0.378 e. The maximum Gasteiger partial charge on any atom is 0.245 e. The molecule has 1 fully saturated rings. The average molecular weight is 292 g/mol. The van der Waals surface area contributed by atoms with Crippen molar-refractivity contribution in [2.45, 2.75) is 5.38 Å². The molecule has 3 nitrogen and oxygen atoms in total. The molecule has 1 amide bonds. The molecule has 0 aliphatic carbocycles. The summed E-state index contributed by atoms with van der Waals surface area (Å²) in [6.07, 6.45) is 0. The van der Waals surface area contributed by atoms with E-state index in [0.717, 1.165) is 6.07 Å². The van der Waals surface area contributed by atoms with E-state index >= 15 is 0 Å². The molecule has 6 heteroatoms. The van der Waals surface area contributed by atoms with Crippen LogP contribution in [-0.4, -0.2) is 37.1 Å². The van der Waals surface area contributed by atoms with Crippen LogP contribution in [0.1, 0.15) is 10.9 Å². The fourth-order valence-corrected chi connectivity index (χ4v) is 2.44. The summed E-state index contributed by atoms with van der Waals surface area (Å²) in [5.74, 6) is -0.681. The van der Waals surface area contributed by atoms with Gasteiger partial charge in [-0.3, -0.25) is 4.79 Å². The van der Waals surface area contributed by atoms with Gasteiger partial charge in [0.15, 0.2) is 0 Å². The first-order valence-electron chi connectivity index (χ1n) is 5.55. The molecule has 1 heterocycles.